The second kappa shape index (κ2) is 4.23. The average Bonchev–Trinajstić information content (AvgIpc) is 3.14. The minimum absolute atomic E-state index is 0.0907. The Hall–Kier alpha value is -1.04. The number of nitrogens with zero attached hydrogens (tertiary/aromatic N) is 1. The minimum atomic E-state index is 0.0907. The van der Waals surface area contributed by atoms with Crippen LogP contribution in [0.15, 0.2) is 0 Å². The first-order valence-electron chi connectivity index (χ1n) is 8.30. The number of hydrogen-bond donors (Lipinski definition) is 1. The molecule has 0 saturated heterocycles. The number of nitrogens with one attached hydrogen (secondary N) is 1. The molecule has 0 aliphatic heterocycles. The summed E-state index contributed by atoms with van der Waals surface area (Å²) in [6.45, 7) is 3.95. The fourth-order valence-corrected chi connectivity index (χ4v) is 6.26. The van der Waals surface area contributed by atoms with Gasteiger partial charge in [0.1, 0.15) is 0 Å². The van der Waals surface area contributed by atoms with E-state index in [0.29, 0.717) is 23.8 Å². The van der Waals surface area contributed by atoms with Gasteiger partial charge in [-0.25, -0.2) is 0 Å². The molecule has 3 nitrogen and oxygen atoms in total. The van der Waals surface area contributed by atoms with Crippen molar-refractivity contribution in [2.45, 2.75) is 45.6 Å². The maximum Gasteiger partial charge on any atom is 0.222 e. The molecule has 20 heavy (non-hydrogen) atoms. The second-order valence-corrected chi connectivity index (χ2v) is 7.95. The zero-order valence-corrected chi connectivity index (χ0v) is 12.4. The molecule has 4 aliphatic carbocycles. The predicted octanol–water partition coefficient (Wildman–Crippen LogP) is 2.58. The van der Waals surface area contributed by atoms with Crippen molar-refractivity contribution in [1.29, 1.82) is 5.26 Å². The van der Waals surface area contributed by atoms with E-state index in [2.05, 4.69) is 11.4 Å². The number of amides is 1. The number of carbonyl (C=O) groups excluding carboxylic acids is 1. The second-order valence-electron chi connectivity index (χ2n) is 7.95. The van der Waals surface area contributed by atoms with Gasteiger partial charge >= 0.3 is 0 Å². The third-order valence-electron chi connectivity index (χ3n) is 6.84. The third-order valence-corrected chi connectivity index (χ3v) is 6.84. The average molecular weight is 272 g/mol. The fourth-order valence-electron chi connectivity index (χ4n) is 6.26. The van der Waals surface area contributed by atoms with Gasteiger partial charge in [0, 0.05) is 17.9 Å². The quantitative estimate of drug-likeness (QED) is 0.786. The lowest BCUT2D eigenvalue weighted by Gasteiger charge is -2.40. The van der Waals surface area contributed by atoms with Gasteiger partial charge in [-0.3, -0.25) is 4.79 Å². The normalized spacial score (nSPS) is 51.3. The van der Waals surface area contributed by atoms with Crippen LogP contribution in [0.2, 0.25) is 0 Å². The van der Waals surface area contributed by atoms with Crippen LogP contribution in [0.4, 0.5) is 0 Å². The molecule has 0 spiro atoms. The molecule has 4 bridgehead atoms. The molecule has 0 radical (unpaired) electrons. The van der Waals surface area contributed by atoms with Gasteiger partial charge in [-0.05, 0) is 61.2 Å². The molecule has 8 atom stereocenters. The zero-order chi connectivity index (χ0) is 14.0. The Labute approximate surface area is 121 Å². The molecule has 4 saturated carbocycles. The number of carbonyl (C=O) groups is 1. The van der Waals surface area contributed by atoms with E-state index < -0.39 is 0 Å². The van der Waals surface area contributed by atoms with E-state index in [-0.39, 0.29) is 11.8 Å². The summed E-state index contributed by atoms with van der Waals surface area (Å²) < 4.78 is 0. The van der Waals surface area contributed by atoms with Crippen LogP contribution in [-0.4, -0.2) is 11.9 Å². The molecule has 0 aromatic carbocycles. The molecule has 3 heteroatoms. The Bertz CT molecular complexity index is 480. The molecule has 4 fully saturated rings. The van der Waals surface area contributed by atoms with E-state index >= 15 is 0 Å². The van der Waals surface area contributed by atoms with E-state index in [0.717, 1.165) is 30.1 Å². The Balaban J connectivity index is 1.51. The minimum Gasteiger partial charge on any atom is -0.353 e. The highest BCUT2D eigenvalue weighted by Gasteiger charge is 2.64. The van der Waals surface area contributed by atoms with Crippen LogP contribution in [-0.2, 0) is 4.79 Å². The summed E-state index contributed by atoms with van der Waals surface area (Å²) in [5.41, 5.74) is 0. The Morgan fingerprint density at radius 3 is 2.45 bits per heavy atom. The van der Waals surface area contributed by atoms with Crippen LogP contribution in [0, 0.1) is 58.7 Å². The number of rotatable bonds is 2. The van der Waals surface area contributed by atoms with Crippen molar-refractivity contribution in [2.24, 2.45) is 47.3 Å². The SMILES string of the molecule is CC(C)C(=O)NC1CC2CC1C1C3CC(C#N)C(C3)C21. The van der Waals surface area contributed by atoms with Crippen LogP contribution in [0.5, 0.6) is 0 Å². The highest BCUT2D eigenvalue weighted by Crippen LogP contribution is 2.68. The lowest BCUT2D eigenvalue weighted by atomic mass is 9.66. The van der Waals surface area contributed by atoms with E-state index in [1.165, 1.54) is 19.3 Å². The Morgan fingerprint density at radius 1 is 1.10 bits per heavy atom. The monoisotopic (exact) mass is 272 g/mol. The van der Waals surface area contributed by atoms with E-state index in [9.17, 15) is 10.1 Å². The summed E-state index contributed by atoms with van der Waals surface area (Å²) in [6.07, 6.45) is 4.91. The van der Waals surface area contributed by atoms with Gasteiger partial charge in [0.05, 0.1) is 6.07 Å². The van der Waals surface area contributed by atoms with Crippen molar-refractivity contribution in [3.8, 4) is 6.07 Å². The Kier molecular flexibility index (Phi) is 2.68. The number of nitriles is 1. The topological polar surface area (TPSA) is 52.9 Å². The van der Waals surface area contributed by atoms with Crippen molar-refractivity contribution in [3.05, 3.63) is 0 Å². The standard InChI is InChI=1S/C17H24N2O/c1-8(2)17(20)19-14-6-10-5-13(14)16-9-3-11(7-18)12(4-9)15(10)16/h8-16H,3-6H2,1-2H3,(H,19,20). The van der Waals surface area contributed by atoms with Gasteiger partial charge in [0.15, 0.2) is 0 Å². The van der Waals surface area contributed by atoms with Gasteiger partial charge in [-0.15, -0.1) is 0 Å². The maximum absolute atomic E-state index is 12.0. The predicted molar refractivity (Wildman–Crippen MR) is 75.3 cm³/mol. The van der Waals surface area contributed by atoms with E-state index in [4.69, 9.17) is 0 Å². The molecule has 1 amide bonds. The third kappa shape index (κ3) is 1.54. The van der Waals surface area contributed by atoms with Crippen LogP contribution in [0.3, 0.4) is 0 Å². The summed E-state index contributed by atoms with van der Waals surface area (Å²) in [5.74, 6) is 5.25. The molecule has 108 valence electrons. The summed E-state index contributed by atoms with van der Waals surface area (Å²) in [6, 6.07) is 2.98. The van der Waals surface area contributed by atoms with Gasteiger partial charge in [0.25, 0.3) is 0 Å². The molecule has 8 unspecified atom stereocenters. The highest BCUT2D eigenvalue weighted by atomic mass is 16.1. The van der Waals surface area contributed by atoms with Crippen LogP contribution >= 0.6 is 0 Å². The molecule has 4 rings (SSSR count). The number of fused-ring (bicyclic) bond motifs is 9. The van der Waals surface area contributed by atoms with Gasteiger partial charge in [0.2, 0.25) is 5.91 Å². The summed E-state index contributed by atoms with van der Waals surface area (Å²) in [7, 11) is 0. The van der Waals surface area contributed by atoms with E-state index in [1.807, 2.05) is 13.8 Å². The van der Waals surface area contributed by atoms with Crippen molar-refractivity contribution in [1.82, 2.24) is 5.32 Å². The summed E-state index contributed by atoms with van der Waals surface area (Å²) >= 11 is 0. The molecule has 0 heterocycles. The molecule has 1 N–H and O–H groups in total. The van der Waals surface area contributed by atoms with Gasteiger partial charge in [-0.1, -0.05) is 13.8 Å². The first-order valence-corrected chi connectivity index (χ1v) is 8.30. The molecule has 0 aromatic rings. The maximum atomic E-state index is 12.0. The lowest BCUT2D eigenvalue weighted by Crippen LogP contribution is -2.46. The largest absolute Gasteiger partial charge is 0.353 e. The molecule has 4 aliphatic rings. The smallest absolute Gasteiger partial charge is 0.222 e. The van der Waals surface area contributed by atoms with Crippen molar-refractivity contribution < 1.29 is 4.79 Å². The summed E-state index contributed by atoms with van der Waals surface area (Å²) in [5, 5.41) is 12.6. The van der Waals surface area contributed by atoms with Gasteiger partial charge < -0.3 is 5.32 Å². The van der Waals surface area contributed by atoms with Crippen LogP contribution in [0.1, 0.15) is 39.5 Å². The number of hydrogen-bond acceptors (Lipinski definition) is 2. The lowest BCUT2D eigenvalue weighted by molar-refractivity contribution is -0.125. The molecular weight excluding hydrogens is 248 g/mol. The van der Waals surface area contributed by atoms with Crippen molar-refractivity contribution in [2.75, 3.05) is 0 Å². The van der Waals surface area contributed by atoms with Crippen molar-refractivity contribution >= 4 is 5.91 Å². The Morgan fingerprint density at radius 2 is 1.75 bits per heavy atom. The molecular formula is C17H24N2O. The van der Waals surface area contributed by atoms with Gasteiger partial charge in [-0.2, -0.15) is 5.26 Å². The van der Waals surface area contributed by atoms with E-state index in [1.54, 1.807) is 0 Å². The first-order chi connectivity index (χ1) is 9.60. The highest BCUT2D eigenvalue weighted by molar-refractivity contribution is 5.78. The van der Waals surface area contributed by atoms with Crippen molar-refractivity contribution in [3.63, 3.8) is 0 Å². The van der Waals surface area contributed by atoms with Crippen LogP contribution < -0.4 is 5.32 Å². The summed E-state index contributed by atoms with van der Waals surface area (Å²) in [4.78, 5) is 12.0. The first kappa shape index (κ1) is 12.7. The fraction of sp³-hybridized carbons (Fsp3) is 0.882. The van der Waals surface area contributed by atoms with Crippen LogP contribution in [0.25, 0.3) is 0 Å². The zero-order valence-electron chi connectivity index (χ0n) is 12.4. The molecule has 0 aromatic heterocycles.